The molecule has 0 unspecified atom stereocenters. The highest BCUT2D eigenvalue weighted by Crippen LogP contribution is 2.21. The van der Waals surface area contributed by atoms with Crippen LogP contribution in [-0.4, -0.2) is 11.7 Å². The number of rotatable bonds is 3. The van der Waals surface area contributed by atoms with Crippen LogP contribution in [0.2, 0.25) is 0 Å². The van der Waals surface area contributed by atoms with E-state index in [0.29, 0.717) is 0 Å². The molecule has 1 N–H and O–H groups in total. The molecule has 2 aromatic rings. The summed E-state index contributed by atoms with van der Waals surface area (Å²) in [4.78, 5) is 0. The Hall–Kier alpha value is -1.86. The van der Waals surface area contributed by atoms with Crippen LogP contribution in [-0.2, 0) is 0 Å². The molecule has 0 saturated carbocycles. The van der Waals surface area contributed by atoms with E-state index in [1.165, 1.54) is 11.1 Å². The van der Waals surface area contributed by atoms with E-state index in [4.69, 9.17) is 5.11 Å². The van der Waals surface area contributed by atoms with Crippen molar-refractivity contribution in [1.82, 2.24) is 0 Å². The van der Waals surface area contributed by atoms with Crippen LogP contribution in [0.1, 0.15) is 12.5 Å². The first-order chi connectivity index (χ1) is 8.31. The summed E-state index contributed by atoms with van der Waals surface area (Å²) < 4.78 is 0. The van der Waals surface area contributed by atoms with Gasteiger partial charge in [-0.2, -0.15) is 0 Å². The van der Waals surface area contributed by atoms with Crippen LogP contribution in [0.15, 0.2) is 60.7 Å². The molecule has 2 rings (SSSR count). The quantitative estimate of drug-likeness (QED) is 0.841. The van der Waals surface area contributed by atoms with E-state index in [-0.39, 0.29) is 6.61 Å². The van der Waals surface area contributed by atoms with Gasteiger partial charge in [-0.25, -0.2) is 0 Å². The zero-order valence-corrected chi connectivity index (χ0v) is 9.93. The monoisotopic (exact) mass is 224 g/mol. The lowest BCUT2D eigenvalue weighted by Crippen LogP contribution is -1.83. The first-order valence-corrected chi connectivity index (χ1v) is 5.75. The molecule has 0 heterocycles. The molecule has 2 aromatic carbocycles. The molecular weight excluding hydrogens is 208 g/mol. The minimum Gasteiger partial charge on any atom is -0.392 e. The number of hydrogen-bond acceptors (Lipinski definition) is 1. The van der Waals surface area contributed by atoms with Crippen LogP contribution in [0, 0.1) is 0 Å². The first-order valence-electron chi connectivity index (χ1n) is 5.75. The summed E-state index contributed by atoms with van der Waals surface area (Å²) in [6, 6.07) is 18.7. The Kier molecular flexibility index (Phi) is 3.73. The summed E-state index contributed by atoms with van der Waals surface area (Å²) in [5, 5.41) is 8.85. The molecule has 0 radical (unpaired) electrons. The van der Waals surface area contributed by atoms with Crippen LogP contribution in [0.4, 0.5) is 0 Å². The fourth-order valence-corrected chi connectivity index (χ4v) is 1.81. The predicted molar refractivity (Wildman–Crippen MR) is 72.6 cm³/mol. The summed E-state index contributed by atoms with van der Waals surface area (Å²) in [6.07, 6.45) is 1.82. The van der Waals surface area contributed by atoms with Gasteiger partial charge in [-0.3, -0.25) is 0 Å². The Labute approximate surface area is 102 Å². The summed E-state index contributed by atoms with van der Waals surface area (Å²) in [5.41, 5.74) is 4.69. The van der Waals surface area contributed by atoms with Crippen molar-refractivity contribution in [3.05, 3.63) is 66.2 Å². The van der Waals surface area contributed by atoms with Gasteiger partial charge >= 0.3 is 0 Å². The fourth-order valence-electron chi connectivity index (χ4n) is 1.81. The minimum absolute atomic E-state index is 0.0896. The maximum Gasteiger partial charge on any atom is 0.0618 e. The summed E-state index contributed by atoms with van der Waals surface area (Å²) in [6.45, 7) is 2.10. The van der Waals surface area contributed by atoms with Crippen LogP contribution in [0.5, 0.6) is 0 Å². The zero-order chi connectivity index (χ0) is 12.1. The van der Waals surface area contributed by atoms with E-state index in [1.807, 2.05) is 31.2 Å². The second-order valence-electron chi connectivity index (χ2n) is 4.01. The average Bonchev–Trinajstić information content (AvgIpc) is 2.40. The van der Waals surface area contributed by atoms with Crippen molar-refractivity contribution in [1.29, 1.82) is 0 Å². The Morgan fingerprint density at radius 3 is 2.12 bits per heavy atom. The third-order valence-corrected chi connectivity index (χ3v) is 2.84. The van der Waals surface area contributed by atoms with Gasteiger partial charge in [0.1, 0.15) is 0 Å². The molecule has 0 atom stereocenters. The highest BCUT2D eigenvalue weighted by atomic mass is 16.2. The molecule has 0 spiro atoms. The SMILES string of the molecule is C/C(=C\CO)c1ccc(-c2ccccc2)cc1. The molecule has 86 valence electrons. The Balaban J connectivity index is 2.28. The van der Waals surface area contributed by atoms with E-state index >= 15 is 0 Å². The highest BCUT2D eigenvalue weighted by Gasteiger charge is 1.98. The Morgan fingerprint density at radius 1 is 0.941 bits per heavy atom. The highest BCUT2D eigenvalue weighted by molar-refractivity contribution is 5.69. The number of aliphatic hydroxyl groups excluding tert-OH is 1. The van der Waals surface area contributed by atoms with Gasteiger partial charge in [0.2, 0.25) is 0 Å². The van der Waals surface area contributed by atoms with Gasteiger partial charge in [0.05, 0.1) is 6.61 Å². The molecule has 0 aliphatic heterocycles. The van der Waals surface area contributed by atoms with Crippen LogP contribution in [0.25, 0.3) is 16.7 Å². The van der Waals surface area contributed by atoms with Crippen molar-refractivity contribution in [3.63, 3.8) is 0 Å². The van der Waals surface area contributed by atoms with Crippen LogP contribution < -0.4 is 0 Å². The maximum atomic E-state index is 8.85. The van der Waals surface area contributed by atoms with Gasteiger partial charge in [0.25, 0.3) is 0 Å². The number of aliphatic hydroxyl groups is 1. The lowest BCUT2D eigenvalue weighted by molar-refractivity contribution is 0.343. The average molecular weight is 224 g/mol. The number of benzene rings is 2. The lowest BCUT2D eigenvalue weighted by Gasteiger charge is -2.04. The van der Waals surface area contributed by atoms with E-state index in [2.05, 4.69) is 36.4 Å². The molecule has 0 amide bonds. The molecule has 0 aromatic heterocycles. The smallest absolute Gasteiger partial charge is 0.0618 e. The van der Waals surface area contributed by atoms with Crippen LogP contribution in [0.3, 0.4) is 0 Å². The summed E-state index contributed by atoms with van der Waals surface area (Å²) >= 11 is 0. The van der Waals surface area contributed by atoms with Gasteiger partial charge < -0.3 is 5.11 Å². The van der Waals surface area contributed by atoms with Gasteiger partial charge in [0, 0.05) is 0 Å². The summed E-state index contributed by atoms with van der Waals surface area (Å²) in [5.74, 6) is 0. The van der Waals surface area contributed by atoms with E-state index < -0.39 is 0 Å². The molecule has 0 bridgehead atoms. The van der Waals surface area contributed by atoms with Crippen molar-refractivity contribution in [2.45, 2.75) is 6.92 Å². The van der Waals surface area contributed by atoms with Crippen molar-refractivity contribution in [2.75, 3.05) is 6.61 Å². The predicted octanol–water partition coefficient (Wildman–Crippen LogP) is 3.75. The Bertz CT molecular complexity index is 495. The van der Waals surface area contributed by atoms with Gasteiger partial charge in [0.15, 0.2) is 0 Å². The van der Waals surface area contributed by atoms with Gasteiger partial charge in [-0.05, 0) is 29.2 Å². The normalized spacial score (nSPS) is 11.5. The van der Waals surface area contributed by atoms with Crippen molar-refractivity contribution >= 4 is 5.57 Å². The zero-order valence-electron chi connectivity index (χ0n) is 9.93. The number of hydrogen-bond donors (Lipinski definition) is 1. The standard InChI is InChI=1S/C16H16O/c1-13(11-12-17)14-7-9-16(10-8-14)15-5-3-2-4-6-15/h2-11,17H,12H2,1H3/b13-11+. The molecule has 17 heavy (non-hydrogen) atoms. The van der Waals surface area contributed by atoms with E-state index in [9.17, 15) is 0 Å². The molecule has 0 aliphatic carbocycles. The fraction of sp³-hybridized carbons (Fsp3) is 0.125. The van der Waals surface area contributed by atoms with Crippen molar-refractivity contribution < 1.29 is 5.11 Å². The molecule has 0 saturated heterocycles. The lowest BCUT2D eigenvalue weighted by atomic mass is 10.0. The molecule has 0 fully saturated rings. The number of allylic oxidation sites excluding steroid dienone is 1. The topological polar surface area (TPSA) is 20.2 Å². The van der Waals surface area contributed by atoms with Gasteiger partial charge in [-0.15, -0.1) is 0 Å². The van der Waals surface area contributed by atoms with E-state index in [1.54, 1.807) is 0 Å². The molecule has 0 aliphatic rings. The summed E-state index contributed by atoms with van der Waals surface area (Å²) in [7, 11) is 0. The largest absolute Gasteiger partial charge is 0.392 e. The first kappa shape index (κ1) is 11.6. The molecule has 1 nitrogen and oxygen atoms in total. The Morgan fingerprint density at radius 2 is 1.53 bits per heavy atom. The second-order valence-corrected chi connectivity index (χ2v) is 4.01. The minimum atomic E-state index is 0.0896. The van der Waals surface area contributed by atoms with Crippen molar-refractivity contribution in [3.8, 4) is 11.1 Å². The maximum absolute atomic E-state index is 8.85. The van der Waals surface area contributed by atoms with Crippen LogP contribution >= 0.6 is 0 Å². The molecular formula is C16H16O. The third-order valence-electron chi connectivity index (χ3n) is 2.84. The second kappa shape index (κ2) is 5.46. The molecule has 1 heteroatoms. The van der Waals surface area contributed by atoms with E-state index in [0.717, 1.165) is 11.1 Å². The third kappa shape index (κ3) is 2.83. The van der Waals surface area contributed by atoms with Crippen molar-refractivity contribution in [2.24, 2.45) is 0 Å². The van der Waals surface area contributed by atoms with Gasteiger partial charge in [-0.1, -0.05) is 60.7 Å².